The average Bonchev–Trinajstić information content (AvgIpc) is 2.85. The first-order valence-corrected chi connectivity index (χ1v) is 13.1. The van der Waals surface area contributed by atoms with Gasteiger partial charge in [-0.05, 0) is 50.0 Å². The molecule has 1 fully saturated rings. The van der Waals surface area contributed by atoms with Crippen molar-refractivity contribution < 1.29 is 4.79 Å². The van der Waals surface area contributed by atoms with Crippen molar-refractivity contribution in [3.05, 3.63) is 72.2 Å². The lowest BCUT2D eigenvalue weighted by atomic mass is 10.1. The zero-order valence-corrected chi connectivity index (χ0v) is 23.3. The number of amides is 1. The van der Waals surface area contributed by atoms with Crippen molar-refractivity contribution in [2.75, 3.05) is 64.1 Å². The first kappa shape index (κ1) is 28.7. The van der Waals surface area contributed by atoms with Crippen LogP contribution in [0.1, 0.15) is 30.3 Å². The van der Waals surface area contributed by atoms with Crippen molar-refractivity contribution in [2.45, 2.75) is 26.2 Å². The number of nitrogens with zero attached hydrogens (tertiary/aromatic N) is 5. The number of anilines is 3. The summed E-state index contributed by atoms with van der Waals surface area (Å²) in [5.41, 5.74) is 10.7. The van der Waals surface area contributed by atoms with E-state index < -0.39 is 0 Å². The number of likely N-dealkylation sites (tertiary alicyclic amines) is 1. The SMILES string of the molecule is C=C(CN(C)C(=O)/C=C/CN1CCC1)NCCc1cccc(Nc2nc(N(C)C)c(CC)nc2C(=C)N)c1. The number of aromatic nitrogens is 2. The highest BCUT2D eigenvalue weighted by Gasteiger charge is 2.16. The second-order valence-electron chi connectivity index (χ2n) is 9.82. The van der Waals surface area contributed by atoms with Gasteiger partial charge in [-0.15, -0.1) is 0 Å². The number of aryl methyl sites for hydroxylation is 1. The number of benzene rings is 1. The molecule has 9 heteroatoms. The first-order chi connectivity index (χ1) is 18.2. The highest BCUT2D eigenvalue weighted by molar-refractivity contribution is 5.87. The van der Waals surface area contributed by atoms with Crippen LogP contribution in [0.5, 0.6) is 0 Å². The van der Waals surface area contributed by atoms with Gasteiger partial charge in [0.05, 0.1) is 17.9 Å². The molecule has 0 unspecified atom stereocenters. The number of carbonyl (C=O) groups is 1. The summed E-state index contributed by atoms with van der Waals surface area (Å²) in [6, 6.07) is 8.15. The van der Waals surface area contributed by atoms with E-state index in [2.05, 4.69) is 40.8 Å². The van der Waals surface area contributed by atoms with Gasteiger partial charge < -0.3 is 26.2 Å². The Morgan fingerprint density at radius 1 is 1.21 bits per heavy atom. The molecule has 0 aliphatic carbocycles. The fourth-order valence-corrected chi connectivity index (χ4v) is 4.11. The third kappa shape index (κ3) is 8.08. The molecular weight excluding hydrogens is 476 g/mol. The summed E-state index contributed by atoms with van der Waals surface area (Å²) in [6.07, 6.45) is 6.37. The van der Waals surface area contributed by atoms with Gasteiger partial charge in [0, 0.05) is 51.7 Å². The molecule has 0 atom stereocenters. The van der Waals surface area contributed by atoms with Gasteiger partial charge in [-0.1, -0.05) is 38.3 Å². The number of rotatable bonds is 14. The Hall–Kier alpha value is -3.85. The van der Waals surface area contributed by atoms with Crippen LogP contribution in [0.15, 0.2) is 55.3 Å². The second kappa shape index (κ2) is 13.6. The Bertz CT molecular complexity index is 1170. The number of carbonyl (C=O) groups excluding carboxylic acids is 1. The van der Waals surface area contributed by atoms with E-state index in [9.17, 15) is 4.79 Å². The van der Waals surface area contributed by atoms with Gasteiger partial charge in [0.1, 0.15) is 5.69 Å². The molecule has 2 heterocycles. The number of hydrogen-bond acceptors (Lipinski definition) is 8. The van der Waals surface area contributed by atoms with Crippen molar-refractivity contribution in [3.8, 4) is 0 Å². The molecule has 0 radical (unpaired) electrons. The summed E-state index contributed by atoms with van der Waals surface area (Å²) in [4.78, 5) is 27.8. The Morgan fingerprint density at radius 3 is 2.61 bits per heavy atom. The summed E-state index contributed by atoms with van der Waals surface area (Å²) < 4.78 is 0. The van der Waals surface area contributed by atoms with E-state index in [1.54, 1.807) is 18.0 Å². The summed E-state index contributed by atoms with van der Waals surface area (Å²) in [7, 11) is 5.69. The largest absolute Gasteiger partial charge is 0.397 e. The predicted octanol–water partition coefficient (Wildman–Crippen LogP) is 3.14. The zero-order valence-electron chi connectivity index (χ0n) is 23.3. The minimum Gasteiger partial charge on any atom is -0.397 e. The molecule has 1 amide bonds. The maximum atomic E-state index is 12.3. The molecule has 4 N–H and O–H groups in total. The summed E-state index contributed by atoms with van der Waals surface area (Å²) in [5.74, 6) is 1.36. The summed E-state index contributed by atoms with van der Waals surface area (Å²) in [5, 5.41) is 6.72. The molecule has 2 aromatic rings. The van der Waals surface area contributed by atoms with Gasteiger partial charge in [-0.3, -0.25) is 9.69 Å². The van der Waals surface area contributed by atoms with E-state index in [4.69, 9.17) is 15.7 Å². The highest BCUT2D eigenvalue weighted by atomic mass is 16.2. The van der Waals surface area contributed by atoms with Crippen molar-refractivity contribution in [1.82, 2.24) is 25.1 Å². The van der Waals surface area contributed by atoms with Crippen LogP contribution in [-0.4, -0.2) is 79.5 Å². The molecule has 3 rings (SSSR count). The fourth-order valence-electron chi connectivity index (χ4n) is 4.11. The molecular formula is C29H42N8O. The topological polar surface area (TPSA) is 103 Å². The smallest absolute Gasteiger partial charge is 0.246 e. The van der Waals surface area contributed by atoms with Crippen molar-refractivity contribution in [1.29, 1.82) is 0 Å². The monoisotopic (exact) mass is 518 g/mol. The Morgan fingerprint density at radius 2 is 1.97 bits per heavy atom. The molecule has 1 aromatic carbocycles. The normalized spacial score (nSPS) is 13.2. The quantitative estimate of drug-likeness (QED) is 0.328. The summed E-state index contributed by atoms with van der Waals surface area (Å²) in [6.45, 7) is 14.3. The molecule has 0 saturated carbocycles. The minimum absolute atomic E-state index is 0.0146. The van der Waals surface area contributed by atoms with Crippen LogP contribution < -0.4 is 21.3 Å². The minimum atomic E-state index is -0.0146. The van der Waals surface area contributed by atoms with Crippen LogP contribution in [0.3, 0.4) is 0 Å². The van der Waals surface area contributed by atoms with E-state index in [0.29, 0.717) is 30.3 Å². The third-order valence-electron chi connectivity index (χ3n) is 6.36. The maximum Gasteiger partial charge on any atom is 0.246 e. The van der Waals surface area contributed by atoms with Crippen molar-refractivity contribution in [3.63, 3.8) is 0 Å². The molecule has 0 spiro atoms. The molecule has 1 aromatic heterocycles. The second-order valence-corrected chi connectivity index (χ2v) is 9.82. The zero-order chi connectivity index (χ0) is 27.7. The van der Waals surface area contributed by atoms with Crippen LogP contribution in [-0.2, 0) is 17.6 Å². The lowest BCUT2D eigenvalue weighted by molar-refractivity contribution is -0.124. The van der Waals surface area contributed by atoms with Gasteiger partial charge in [0.15, 0.2) is 11.6 Å². The van der Waals surface area contributed by atoms with E-state index in [0.717, 1.165) is 60.9 Å². The maximum absolute atomic E-state index is 12.3. The van der Waals surface area contributed by atoms with Gasteiger partial charge in [0.2, 0.25) is 5.91 Å². The van der Waals surface area contributed by atoms with Crippen molar-refractivity contribution >= 4 is 28.9 Å². The van der Waals surface area contributed by atoms with Crippen LogP contribution in [0.2, 0.25) is 0 Å². The highest BCUT2D eigenvalue weighted by Crippen LogP contribution is 2.26. The van der Waals surface area contributed by atoms with Crippen LogP contribution >= 0.6 is 0 Å². The number of likely N-dealkylation sites (N-methyl/N-ethyl adjacent to an activating group) is 1. The molecule has 1 saturated heterocycles. The lowest BCUT2D eigenvalue weighted by Crippen LogP contribution is -2.37. The number of nitrogens with one attached hydrogen (secondary N) is 2. The van der Waals surface area contributed by atoms with Crippen LogP contribution in [0.25, 0.3) is 5.70 Å². The van der Waals surface area contributed by atoms with Gasteiger partial charge in [0.25, 0.3) is 0 Å². The molecule has 1 aliphatic heterocycles. The molecule has 9 nitrogen and oxygen atoms in total. The Kier molecular flexibility index (Phi) is 10.3. The molecule has 38 heavy (non-hydrogen) atoms. The third-order valence-corrected chi connectivity index (χ3v) is 6.36. The van der Waals surface area contributed by atoms with Gasteiger partial charge in [-0.2, -0.15) is 0 Å². The summed E-state index contributed by atoms with van der Waals surface area (Å²) >= 11 is 0. The molecule has 0 bridgehead atoms. The van der Waals surface area contributed by atoms with Gasteiger partial charge in [-0.25, -0.2) is 9.97 Å². The fraction of sp³-hybridized carbons (Fsp3) is 0.414. The standard InChI is InChI=1S/C29H42N8O/c1-7-25-29(35(4)5)34-28(27(33-25)22(3)30)32-24-12-8-11-23(19-24)14-15-31-21(2)20-36(6)26(38)13-9-16-37-17-10-18-37/h8-9,11-13,19,31H,2-3,7,10,14-18,20,30H2,1,4-6H3,(H,32,34)/b13-9+. The van der Waals surface area contributed by atoms with Gasteiger partial charge >= 0.3 is 0 Å². The number of nitrogens with two attached hydrogens (primary N) is 1. The first-order valence-electron chi connectivity index (χ1n) is 13.1. The van der Waals surface area contributed by atoms with E-state index in [1.165, 1.54) is 6.42 Å². The molecule has 204 valence electrons. The molecule has 1 aliphatic rings. The Balaban J connectivity index is 1.54. The van der Waals surface area contributed by atoms with Crippen LogP contribution in [0.4, 0.5) is 17.3 Å². The lowest BCUT2D eigenvalue weighted by Gasteiger charge is -2.29. The Labute approximate surface area is 227 Å². The average molecular weight is 519 g/mol. The predicted molar refractivity (Wildman–Crippen MR) is 157 cm³/mol. The van der Waals surface area contributed by atoms with E-state index >= 15 is 0 Å². The van der Waals surface area contributed by atoms with Crippen LogP contribution in [0, 0.1) is 0 Å². The van der Waals surface area contributed by atoms with Crippen molar-refractivity contribution in [2.24, 2.45) is 5.73 Å². The van der Waals surface area contributed by atoms with E-state index in [-0.39, 0.29) is 5.91 Å². The van der Waals surface area contributed by atoms with E-state index in [1.807, 2.05) is 44.1 Å². The number of hydrogen-bond donors (Lipinski definition) is 3.